The van der Waals surface area contributed by atoms with Crippen LogP contribution in [-0.4, -0.2) is 31.6 Å². The number of carbonyl (C=O) groups is 2. The van der Waals surface area contributed by atoms with E-state index in [4.69, 9.17) is 4.74 Å². The zero-order valence-corrected chi connectivity index (χ0v) is 12.5. The van der Waals surface area contributed by atoms with Gasteiger partial charge in [-0.25, -0.2) is 0 Å². The second-order valence-electron chi connectivity index (χ2n) is 5.32. The largest absolute Gasteiger partial charge is 0.378 e. The Bertz CT molecular complexity index is 516. The number of carbonyl (C=O) groups excluding carboxylic acids is 2. The van der Waals surface area contributed by atoms with Gasteiger partial charge in [0.2, 0.25) is 5.91 Å². The van der Waals surface area contributed by atoms with Gasteiger partial charge in [0, 0.05) is 25.8 Å². The van der Waals surface area contributed by atoms with Gasteiger partial charge in [-0.3, -0.25) is 9.59 Å². The molecule has 1 aliphatic heterocycles. The summed E-state index contributed by atoms with van der Waals surface area (Å²) in [6, 6.07) is 7.26. The van der Waals surface area contributed by atoms with Crippen molar-refractivity contribution in [3.8, 4) is 0 Å². The molecule has 0 spiro atoms. The Hall–Kier alpha value is -1.88. The molecule has 1 aliphatic rings. The quantitative estimate of drug-likeness (QED) is 0.882. The first-order chi connectivity index (χ1) is 10.1. The molecule has 0 aromatic heterocycles. The SMILES string of the molecule is CNC(=O)c1cccc(CNC(=O)[C@H]2CCCO[C@H]2C)c1. The van der Waals surface area contributed by atoms with Crippen LogP contribution in [0.1, 0.15) is 35.7 Å². The lowest BCUT2D eigenvalue weighted by Gasteiger charge is -2.28. The minimum Gasteiger partial charge on any atom is -0.378 e. The van der Waals surface area contributed by atoms with Crippen molar-refractivity contribution in [2.75, 3.05) is 13.7 Å². The van der Waals surface area contributed by atoms with Crippen molar-refractivity contribution in [2.24, 2.45) is 5.92 Å². The molecule has 114 valence electrons. The van der Waals surface area contributed by atoms with E-state index >= 15 is 0 Å². The molecular formula is C16H22N2O3. The fourth-order valence-electron chi connectivity index (χ4n) is 2.55. The van der Waals surface area contributed by atoms with Crippen LogP contribution in [0.25, 0.3) is 0 Å². The van der Waals surface area contributed by atoms with Gasteiger partial charge >= 0.3 is 0 Å². The monoisotopic (exact) mass is 290 g/mol. The minimum absolute atomic E-state index is 0.0209. The molecule has 2 amide bonds. The number of nitrogens with one attached hydrogen (secondary N) is 2. The third kappa shape index (κ3) is 4.04. The van der Waals surface area contributed by atoms with Crippen LogP contribution in [0, 0.1) is 5.92 Å². The van der Waals surface area contributed by atoms with E-state index in [2.05, 4.69) is 10.6 Å². The first-order valence-electron chi connectivity index (χ1n) is 7.32. The molecule has 1 aromatic carbocycles. The Morgan fingerprint density at radius 3 is 2.90 bits per heavy atom. The van der Waals surface area contributed by atoms with Gasteiger partial charge < -0.3 is 15.4 Å². The van der Waals surface area contributed by atoms with Crippen molar-refractivity contribution in [1.82, 2.24) is 10.6 Å². The van der Waals surface area contributed by atoms with Crippen LogP contribution in [0.3, 0.4) is 0 Å². The highest BCUT2D eigenvalue weighted by atomic mass is 16.5. The summed E-state index contributed by atoms with van der Waals surface area (Å²) in [6.45, 7) is 3.10. The molecule has 5 heteroatoms. The third-order valence-electron chi connectivity index (χ3n) is 3.83. The van der Waals surface area contributed by atoms with E-state index < -0.39 is 0 Å². The number of hydrogen-bond donors (Lipinski definition) is 2. The van der Waals surface area contributed by atoms with Crippen molar-refractivity contribution in [3.63, 3.8) is 0 Å². The van der Waals surface area contributed by atoms with Crippen molar-refractivity contribution >= 4 is 11.8 Å². The normalized spacial score (nSPS) is 21.6. The van der Waals surface area contributed by atoms with Crippen LogP contribution in [0.4, 0.5) is 0 Å². The number of ether oxygens (including phenoxy) is 1. The van der Waals surface area contributed by atoms with Crippen LogP contribution in [-0.2, 0) is 16.1 Å². The summed E-state index contributed by atoms with van der Waals surface area (Å²) in [7, 11) is 1.60. The van der Waals surface area contributed by atoms with E-state index in [1.807, 2.05) is 19.1 Å². The molecule has 0 unspecified atom stereocenters. The van der Waals surface area contributed by atoms with Crippen molar-refractivity contribution in [2.45, 2.75) is 32.4 Å². The molecule has 2 atom stereocenters. The molecule has 0 radical (unpaired) electrons. The lowest BCUT2D eigenvalue weighted by Crippen LogP contribution is -2.39. The molecule has 1 saturated heterocycles. The summed E-state index contributed by atoms with van der Waals surface area (Å²) >= 11 is 0. The zero-order valence-electron chi connectivity index (χ0n) is 12.5. The molecule has 0 aliphatic carbocycles. The van der Waals surface area contributed by atoms with E-state index in [0.717, 1.165) is 25.0 Å². The van der Waals surface area contributed by atoms with E-state index in [9.17, 15) is 9.59 Å². The van der Waals surface area contributed by atoms with Gasteiger partial charge in [0.1, 0.15) is 0 Å². The standard InChI is InChI=1S/C16H22N2O3/c1-11-14(7-4-8-21-11)16(20)18-10-12-5-3-6-13(9-12)15(19)17-2/h3,5-6,9,11,14H,4,7-8,10H2,1-2H3,(H,17,19)(H,18,20)/t11-,14-/m0/s1. The van der Waals surface area contributed by atoms with Crippen molar-refractivity contribution in [1.29, 1.82) is 0 Å². The predicted molar refractivity (Wildman–Crippen MR) is 79.8 cm³/mol. The zero-order chi connectivity index (χ0) is 15.2. The predicted octanol–water partition coefficient (Wildman–Crippen LogP) is 1.48. The molecule has 0 bridgehead atoms. The highest BCUT2D eigenvalue weighted by Gasteiger charge is 2.28. The van der Waals surface area contributed by atoms with Gasteiger partial charge in [-0.2, -0.15) is 0 Å². The van der Waals surface area contributed by atoms with Crippen molar-refractivity contribution < 1.29 is 14.3 Å². The van der Waals surface area contributed by atoms with Crippen LogP contribution in [0.2, 0.25) is 0 Å². The molecule has 2 N–H and O–H groups in total. The smallest absolute Gasteiger partial charge is 0.251 e. The Labute approximate surface area is 125 Å². The van der Waals surface area contributed by atoms with E-state index in [0.29, 0.717) is 12.1 Å². The molecule has 5 nitrogen and oxygen atoms in total. The van der Waals surface area contributed by atoms with Gasteiger partial charge in [-0.1, -0.05) is 12.1 Å². The summed E-state index contributed by atoms with van der Waals surface area (Å²) < 4.78 is 5.51. The maximum absolute atomic E-state index is 12.2. The number of rotatable bonds is 4. The fraction of sp³-hybridized carbons (Fsp3) is 0.500. The highest BCUT2D eigenvalue weighted by molar-refractivity contribution is 5.94. The Morgan fingerprint density at radius 1 is 1.38 bits per heavy atom. The van der Waals surface area contributed by atoms with E-state index in [1.165, 1.54) is 0 Å². The fourth-order valence-corrected chi connectivity index (χ4v) is 2.55. The van der Waals surface area contributed by atoms with E-state index in [-0.39, 0.29) is 23.8 Å². The summed E-state index contributed by atoms with van der Waals surface area (Å²) in [5.41, 5.74) is 1.51. The lowest BCUT2D eigenvalue weighted by molar-refractivity contribution is -0.133. The Kier molecular flexibility index (Phi) is 5.33. The second-order valence-corrected chi connectivity index (χ2v) is 5.32. The maximum atomic E-state index is 12.2. The third-order valence-corrected chi connectivity index (χ3v) is 3.83. The lowest BCUT2D eigenvalue weighted by atomic mass is 9.94. The van der Waals surface area contributed by atoms with Gasteiger partial charge in [0.05, 0.1) is 12.0 Å². The molecule has 0 saturated carbocycles. The van der Waals surface area contributed by atoms with Gasteiger partial charge in [0.15, 0.2) is 0 Å². The summed E-state index contributed by atoms with van der Waals surface area (Å²) in [6.07, 6.45) is 1.76. The number of amides is 2. The molecule has 1 fully saturated rings. The summed E-state index contributed by atoms with van der Waals surface area (Å²) in [5.74, 6) is -0.189. The summed E-state index contributed by atoms with van der Waals surface area (Å²) in [4.78, 5) is 23.8. The molecule has 1 aromatic rings. The van der Waals surface area contributed by atoms with Crippen molar-refractivity contribution in [3.05, 3.63) is 35.4 Å². The molecule has 1 heterocycles. The highest BCUT2D eigenvalue weighted by Crippen LogP contribution is 2.20. The number of benzene rings is 1. The maximum Gasteiger partial charge on any atom is 0.251 e. The second kappa shape index (κ2) is 7.22. The van der Waals surface area contributed by atoms with Gasteiger partial charge in [-0.15, -0.1) is 0 Å². The molecular weight excluding hydrogens is 268 g/mol. The average molecular weight is 290 g/mol. The van der Waals surface area contributed by atoms with E-state index in [1.54, 1.807) is 19.2 Å². The Morgan fingerprint density at radius 2 is 2.19 bits per heavy atom. The average Bonchev–Trinajstić information content (AvgIpc) is 2.52. The summed E-state index contributed by atoms with van der Waals surface area (Å²) in [5, 5.41) is 5.52. The van der Waals surface area contributed by atoms with Crippen LogP contribution >= 0.6 is 0 Å². The van der Waals surface area contributed by atoms with Crippen LogP contribution in [0.15, 0.2) is 24.3 Å². The first-order valence-corrected chi connectivity index (χ1v) is 7.32. The topological polar surface area (TPSA) is 67.4 Å². The molecule has 2 rings (SSSR count). The first kappa shape index (κ1) is 15.5. The van der Waals surface area contributed by atoms with Crippen LogP contribution < -0.4 is 10.6 Å². The van der Waals surface area contributed by atoms with Crippen LogP contribution in [0.5, 0.6) is 0 Å². The minimum atomic E-state index is -0.127. The van der Waals surface area contributed by atoms with Gasteiger partial charge in [0.25, 0.3) is 5.91 Å². The van der Waals surface area contributed by atoms with Gasteiger partial charge in [-0.05, 0) is 37.5 Å². The molecule has 21 heavy (non-hydrogen) atoms. The number of hydrogen-bond acceptors (Lipinski definition) is 3. The Balaban J connectivity index is 1.93.